The molecule has 2 aromatic carbocycles. The zero-order valence-corrected chi connectivity index (χ0v) is 17.2. The Balaban J connectivity index is 1.61. The first-order chi connectivity index (χ1) is 13.4. The Morgan fingerprint density at radius 3 is 2.68 bits per heavy atom. The highest BCUT2D eigenvalue weighted by atomic mass is 35.5. The van der Waals surface area contributed by atoms with E-state index in [0.29, 0.717) is 26.1 Å². The molecule has 0 fully saturated rings. The summed E-state index contributed by atoms with van der Waals surface area (Å²) in [4.78, 5) is 14.3. The number of rotatable bonds is 7. The minimum absolute atomic E-state index is 0.0669. The fourth-order valence-electron chi connectivity index (χ4n) is 3.02. The second-order valence-corrected chi connectivity index (χ2v) is 8.79. The molecular weight excluding hydrogens is 400 g/mol. The lowest BCUT2D eigenvalue weighted by molar-refractivity contribution is -0.134. The number of hydrogen-bond donors (Lipinski definition) is 1. The van der Waals surface area contributed by atoms with Gasteiger partial charge in [-0.3, -0.25) is 4.79 Å². The summed E-state index contributed by atoms with van der Waals surface area (Å²) < 4.78 is 32.3. The highest BCUT2D eigenvalue weighted by Gasteiger charge is 2.21. The van der Waals surface area contributed by atoms with E-state index in [9.17, 15) is 13.2 Å². The molecule has 150 valence electrons. The molecule has 0 atom stereocenters. The van der Waals surface area contributed by atoms with Crippen LogP contribution in [0.3, 0.4) is 0 Å². The Hall–Kier alpha value is -2.09. The monoisotopic (exact) mass is 422 g/mol. The summed E-state index contributed by atoms with van der Waals surface area (Å²) in [6, 6.07) is 12.3. The van der Waals surface area contributed by atoms with E-state index < -0.39 is 10.0 Å². The second kappa shape index (κ2) is 8.94. The highest BCUT2D eigenvalue weighted by molar-refractivity contribution is 7.89. The molecule has 0 unspecified atom stereocenters. The largest absolute Gasteiger partial charge is 0.482 e. The van der Waals surface area contributed by atoms with Crippen LogP contribution in [0.1, 0.15) is 24.5 Å². The molecule has 8 heteroatoms. The molecule has 1 heterocycles. The van der Waals surface area contributed by atoms with Crippen LogP contribution in [0.15, 0.2) is 47.4 Å². The number of ether oxygens (including phenoxy) is 1. The van der Waals surface area contributed by atoms with Crippen LogP contribution in [0, 0.1) is 0 Å². The lowest BCUT2D eigenvalue weighted by atomic mass is 10.00. The van der Waals surface area contributed by atoms with Crippen molar-refractivity contribution in [3.05, 3.63) is 58.6 Å². The van der Waals surface area contributed by atoms with E-state index in [1.165, 1.54) is 23.8 Å². The van der Waals surface area contributed by atoms with Gasteiger partial charge in [-0.25, -0.2) is 13.1 Å². The zero-order chi connectivity index (χ0) is 20.1. The van der Waals surface area contributed by atoms with Gasteiger partial charge in [-0.05, 0) is 42.2 Å². The van der Waals surface area contributed by atoms with Crippen molar-refractivity contribution in [3.63, 3.8) is 0 Å². The minimum atomic E-state index is -3.60. The maximum absolute atomic E-state index is 12.5. The maximum atomic E-state index is 12.5. The molecule has 28 heavy (non-hydrogen) atoms. The zero-order valence-electron chi connectivity index (χ0n) is 15.7. The summed E-state index contributed by atoms with van der Waals surface area (Å²) >= 11 is 6.16. The number of benzene rings is 2. The number of amides is 1. The maximum Gasteiger partial charge on any atom is 0.260 e. The molecular formula is C20H23ClN2O4S. The van der Waals surface area contributed by atoms with Crippen molar-refractivity contribution in [2.75, 3.05) is 19.7 Å². The Labute approximate surface area is 170 Å². The minimum Gasteiger partial charge on any atom is -0.482 e. The van der Waals surface area contributed by atoms with Crippen molar-refractivity contribution in [3.8, 4) is 5.75 Å². The molecule has 0 aromatic heterocycles. The summed E-state index contributed by atoms with van der Waals surface area (Å²) in [5.74, 6) is 0.147. The number of fused-ring (bicyclic) bond motifs is 1. The summed E-state index contributed by atoms with van der Waals surface area (Å²) in [5, 5.41) is 0.149. The SMILES string of the molecule is CCCNS(=O)(=O)c1ccc(OCC(=O)N2CCc3ccccc3C2)c(Cl)c1. The third-order valence-corrected chi connectivity index (χ3v) is 6.34. The van der Waals surface area contributed by atoms with Crippen molar-refractivity contribution in [2.45, 2.75) is 31.2 Å². The number of nitrogens with one attached hydrogen (secondary N) is 1. The van der Waals surface area contributed by atoms with E-state index in [1.807, 2.05) is 25.1 Å². The fourth-order valence-corrected chi connectivity index (χ4v) is 4.48. The number of carbonyl (C=O) groups excluding carboxylic acids is 1. The highest BCUT2D eigenvalue weighted by Crippen LogP contribution is 2.27. The van der Waals surface area contributed by atoms with Crippen LogP contribution >= 0.6 is 11.6 Å². The molecule has 0 aliphatic carbocycles. The van der Waals surface area contributed by atoms with Crippen molar-refractivity contribution in [1.82, 2.24) is 9.62 Å². The van der Waals surface area contributed by atoms with Gasteiger partial charge in [-0.2, -0.15) is 0 Å². The van der Waals surface area contributed by atoms with Crippen LogP contribution in [0.25, 0.3) is 0 Å². The van der Waals surface area contributed by atoms with E-state index in [2.05, 4.69) is 10.8 Å². The summed E-state index contributed by atoms with van der Waals surface area (Å²) in [7, 11) is -3.60. The van der Waals surface area contributed by atoms with E-state index in [4.69, 9.17) is 16.3 Å². The average molecular weight is 423 g/mol. The van der Waals surface area contributed by atoms with Gasteiger partial charge in [-0.1, -0.05) is 42.8 Å². The number of nitrogens with zero attached hydrogens (tertiary/aromatic N) is 1. The van der Waals surface area contributed by atoms with Gasteiger partial charge in [0.1, 0.15) is 5.75 Å². The molecule has 1 N–H and O–H groups in total. The van der Waals surface area contributed by atoms with E-state index in [-0.39, 0.29) is 28.2 Å². The van der Waals surface area contributed by atoms with Crippen LogP contribution in [0.2, 0.25) is 5.02 Å². The van der Waals surface area contributed by atoms with E-state index in [0.717, 1.165) is 12.0 Å². The quantitative estimate of drug-likeness (QED) is 0.744. The van der Waals surface area contributed by atoms with E-state index >= 15 is 0 Å². The molecule has 0 radical (unpaired) electrons. The number of sulfonamides is 1. The molecule has 0 saturated heterocycles. The van der Waals surface area contributed by atoms with Gasteiger partial charge in [-0.15, -0.1) is 0 Å². The van der Waals surface area contributed by atoms with Gasteiger partial charge >= 0.3 is 0 Å². The normalized spacial score (nSPS) is 13.9. The van der Waals surface area contributed by atoms with Crippen LogP contribution < -0.4 is 9.46 Å². The molecule has 1 amide bonds. The van der Waals surface area contributed by atoms with Gasteiger partial charge in [0.25, 0.3) is 5.91 Å². The molecule has 1 aliphatic heterocycles. The van der Waals surface area contributed by atoms with Gasteiger partial charge < -0.3 is 9.64 Å². The van der Waals surface area contributed by atoms with Crippen molar-refractivity contribution in [2.24, 2.45) is 0 Å². The predicted molar refractivity (Wildman–Crippen MR) is 108 cm³/mol. The van der Waals surface area contributed by atoms with Crippen LogP contribution in [0.4, 0.5) is 0 Å². The van der Waals surface area contributed by atoms with Crippen molar-refractivity contribution < 1.29 is 17.9 Å². The van der Waals surface area contributed by atoms with Gasteiger partial charge in [0.2, 0.25) is 10.0 Å². The third kappa shape index (κ3) is 4.84. The second-order valence-electron chi connectivity index (χ2n) is 6.61. The molecule has 0 bridgehead atoms. The molecule has 2 aromatic rings. The Bertz CT molecular complexity index is 962. The summed E-state index contributed by atoms with van der Waals surface area (Å²) in [5.41, 5.74) is 2.42. The number of carbonyl (C=O) groups is 1. The Morgan fingerprint density at radius 2 is 1.96 bits per heavy atom. The summed E-state index contributed by atoms with van der Waals surface area (Å²) in [6.07, 6.45) is 1.51. The Kier molecular flexibility index (Phi) is 6.59. The first-order valence-corrected chi connectivity index (χ1v) is 11.0. The van der Waals surface area contributed by atoms with Gasteiger partial charge in [0.15, 0.2) is 6.61 Å². The molecule has 3 rings (SSSR count). The molecule has 0 saturated carbocycles. The fraction of sp³-hybridized carbons (Fsp3) is 0.350. The van der Waals surface area contributed by atoms with Gasteiger partial charge in [0.05, 0.1) is 9.92 Å². The molecule has 6 nitrogen and oxygen atoms in total. The topological polar surface area (TPSA) is 75.7 Å². The number of halogens is 1. The molecule has 1 aliphatic rings. The third-order valence-electron chi connectivity index (χ3n) is 4.59. The standard InChI is InChI=1S/C20H23ClN2O4S/c1-2-10-22-28(25,26)17-7-8-19(18(21)12-17)27-14-20(24)23-11-9-15-5-3-4-6-16(15)13-23/h3-8,12,22H,2,9-11,13-14H2,1H3. The van der Waals surface area contributed by atoms with Crippen molar-refractivity contribution in [1.29, 1.82) is 0 Å². The van der Waals surface area contributed by atoms with Gasteiger partial charge in [0, 0.05) is 19.6 Å². The summed E-state index contributed by atoms with van der Waals surface area (Å²) in [6.45, 7) is 3.29. The smallest absolute Gasteiger partial charge is 0.260 e. The first-order valence-electron chi connectivity index (χ1n) is 9.17. The lowest BCUT2D eigenvalue weighted by Crippen LogP contribution is -2.38. The average Bonchev–Trinajstić information content (AvgIpc) is 2.70. The number of hydrogen-bond acceptors (Lipinski definition) is 4. The molecule has 0 spiro atoms. The van der Waals surface area contributed by atoms with Crippen molar-refractivity contribution >= 4 is 27.5 Å². The lowest BCUT2D eigenvalue weighted by Gasteiger charge is -2.28. The van der Waals surface area contributed by atoms with Crippen LogP contribution in [-0.4, -0.2) is 38.9 Å². The van der Waals surface area contributed by atoms with Crippen LogP contribution in [-0.2, 0) is 27.8 Å². The Morgan fingerprint density at radius 1 is 1.21 bits per heavy atom. The van der Waals surface area contributed by atoms with Crippen LogP contribution in [0.5, 0.6) is 5.75 Å². The van der Waals surface area contributed by atoms with E-state index in [1.54, 1.807) is 4.90 Å². The first kappa shape index (κ1) is 20.6. The predicted octanol–water partition coefficient (Wildman–Crippen LogP) is 2.99.